The van der Waals surface area contributed by atoms with Gasteiger partial charge in [0.1, 0.15) is 5.60 Å². The zero-order valence-corrected chi connectivity index (χ0v) is 16.2. The number of hydrogen-bond donors (Lipinski definition) is 1. The first-order valence-electron chi connectivity index (χ1n) is 8.91. The number of aliphatic hydroxyl groups is 1. The molecule has 25 heavy (non-hydrogen) atoms. The van der Waals surface area contributed by atoms with Crippen molar-refractivity contribution >= 4 is 8.32 Å². The van der Waals surface area contributed by atoms with Crippen LogP contribution in [0, 0.1) is 11.8 Å². The van der Waals surface area contributed by atoms with Crippen LogP contribution in [-0.2, 0) is 13.9 Å². The minimum absolute atomic E-state index is 0.451. The van der Waals surface area contributed by atoms with Crippen LogP contribution >= 0.6 is 0 Å². The SMILES string of the molecule is C[Si](C)(C)OC1(C#CC(O)c2ccccn2)CCC2(CC1)OCCO2. The Kier molecular flexibility index (Phi) is 5.33. The number of pyridine rings is 1. The molecule has 1 aromatic rings. The number of aromatic nitrogens is 1. The molecule has 1 aromatic heterocycles. The van der Waals surface area contributed by atoms with E-state index in [4.69, 9.17) is 13.9 Å². The van der Waals surface area contributed by atoms with Crippen LogP contribution in [0.5, 0.6) is 0 Å². The second-order valence-electron chi connectivity index (χ2n) is 7.74. The lowest BCUT2D eigenvalue weighted by Gasteiger charge is -2.43. The highest BCUT2D eigenvalue weighted by Gasteiger charge is 2.47. The Labute approximate surface area is 150 Å². The Morgan fingerprint density at radius 2 is 1.84 bits per heavy atom. The molecule has 1 aliphatic carbocycles. The predicted molar refractivity (Wildman–Crippen MR) is 97.2 cm³/mol. The van der Waals surface area contributed by atoms with Crippen LogP contribution in [0.4, 0.5) is 0 Å². The van der Waals surface area contributed by atoms with E-state index in [0.717, 1.165) is 25.7 Å². The number of aliphatic hydroxyl groups excluding tert-OH is 1. The van der Waals surface area contributed by atoms with Crippen LogP contribution in [-0.4, -0.2) is 43.0 Å². The Morgan fingerprint density at radius 1 is 1.16 bits per heavy atom. The molecular formula is C19H27NO4Si. The molecule has 2 aliphatic rings. The van der Waals surface area contributed by atoms with Crippen molar-refractivity contribution in [3.63, 3.8) is 0 Å². The smallest absolute Gasteiger partial charge is 0.185 e. The van der Waals surface area contributed by atoms with Crippen molar-refractivity contribution in [2.24, 2.45) is 0 Å². The molecule has 0 radical (unpaired) electrons. The molecule has 1 N–H and O–H groups in total. The molecule has 136 valence electrons. The fourth-order valence-corrected chi connectivity index (χ4v) is 4.90. The molecule has 5 nitrogen and oxygen atoms in total. The zero-order chi connectivity index (χ0) is 18.0. The molecular weight excluding hydrogens is 334 g/mol. The molecule has 2 fully saturated rings. The Bertz CT molecular complexity index is 631. The van der Waals surface area contributed by atoms with Crippen LogP contribution in [0.1, 0.15) is 37.5 Å². The fourth-order valence-electron chi connectivity index (χ4n) is 3.47. The predicted octanol–water partition coefficient (Wildman–Crippen LogP) is 3.03. The summed E-state index contributed by atoms with van der Waals surface area (Å²) >= 11 is 0. The first-order chi connectivity index (χ1) is 11.8. The lowest BCUT2D eigenvalue weighted by Crippen LogP contribution is -2.49. The molecule has 1 unspecified atom stereocenters. The quantitative estimate of drug-likeness (QED) is 0.662. The van der Waals surface area contributed by atoms with Gasteiger partial charge in [-0.2, -0.15) is 0 Å². The lowest BCUT2D eigenvalue weighted by atomic mass is 9.81. The topological polar surface area (TPSA) is 60.8 Å². The average Bonchev–Trinajstić information content (AvgIpc) is 3.04. The normalized spacial score (nSPS) is 23.0. The molecule has 3 rings (SSSR count). The van der Waals surface area contributed by atoms with E-state index < -0.39 is 25.8 Å². The standard InChI is InChI=1S/C19H27NO4Si/c1-25(2,3)24-18(8-7-17(21)16-6-4-5-13-20-16)9-11-19(12-10-18)22-14-15-23-19/h4-6,13,17,21H,9-12,14-15H2,1-3H3. The zero-order valence-electron chi connectivity index (χ0n) is 15.2. The molecule has 1 aliphatic heterocycles. The first-order valence-corrected chi connectivity index (χ1v) is 12.3. The summed E-state index contributed by atoms with van der Waals surface area (Å²) in [6, 6.07) is 5.45. The van der Waals surface area contributed by atoms with Crippen LogP contribution in [0.2, 0.25) is 19.6 Å². The third kappa shape index (κ3) is 4.69. The van der Waals surface area contributed by atoms with E-state index in [1.165, 1.54) is 0 Å². The van der Waals surface area contributed by atoms with Crippen molar-refractivity contribution in [3.8, 4) is 11.8 Å². The van der Waals surface area contributed by atoms with E-state index in [0.29, 0.717) is 18.9 Å². The minimum Gasteiger partial charge on any atom is -0.402 e. The maximum atomic E-state index is 10.3. The average molecular weight is 362 g/mol. The largest absolute Gasteiger partial charge is 0.402 e. The van der Waals surface area contributed by atoms with Crippen molar-refractivity contribution in [2.75, 3.05) is 13.2 Å². The van der Waals surface area contributed by atoms with Crippen molar-refractivity contribution in [1.29, 1.82) is 0 Å². The van der Waals surface area contributed by atoms with Gasteiger partial charge in [-0.25, -0.2) is 0 Å². The van der Waals surface area contributed by atoms with E-state index in [1.54, 1.807) is 12.3 Å². The monoisotopic (exact) mass is 361 g/mol. The van der Waals surface area contributed by atoms with Crippen molar-refractivity contribution < 1.29 is 19.0 Å². The maximum Gasteiger partial charge on any atom is 0.185 e. The van der Waals surface area contributed by atoms with Gasteiger partial charge in [0.15, 0.2) is 20.2 Å². The van der Waals surface area contributed by atoms with Gasteiger partial charge in [-0.15, -0.1) is 0 Å². The van der Waals surface area contributed by atoms with Crippen molar-refractivity contribution in [3.05, 3.63) is 30.1 Å². The third-order valence-corrected chi connectivity index (χ3v) is 5.54. The van der Waals surface area contributed by atoms with Gasteiger partial charge in [-0.3, -0.25) is 4.98 Å². The van der Waals surface area contributed by atoms with Crippen LogP contribution in [0.3, 0.4) is 0 Å². The van der Waals surface area contributed by atoms with Gasteiger partial charge in [0.2, 0.25) is 0 Å². The van der Waals surface area contributed by atoms with Gasteiger partial charge in [-0.05, 0) is 44.6 Å². The highest BCUT2D eigenvalue weighted by atomic mass is 28.4. The molecule has 2 heterocycles. The number of rotatable bonds is 3. The maximum absolute atomic E-state index is 10.3. The summed E-state index contributed by atoms with van der Waals surface area (Å²) in [5.41, 5.74) is 0.0220. The Hall–Kier alpha value is -1.23. The van der Waals surface area contributed by atoms with Gasteiger partial charge in [0.05, 0.1) is 18.9 Å². The van der Waals surface area contributed by atoms with E-state index in [-0.39, 0.29) is 0 Å². The molecule has 1 saturated heterocycles. The fraction of sp³-hybridized carbons (Fsp3) is 0.632. The van der Waals surface area contributed by atoms with E-state index in [2.05, 4.69) is 36.5 Å². The van der Waals surface area contributed by atoms with Crippen LogP contribution in [0.15, 0.2) is 24.4 Å². The molecule has 0 amide bonds. The third-order valence-electron chi connectivity index (χ3n) is 4.54. The minimum atomic E-state index is -1.80. The molecule has 6 heteroatoms. The highest BCUT2D eigenvalue weighted by molar-refractivity contribution is 6.69. The lowest BCUT2D eigenvalue weighted by molar-refractivity contribution is -0.193. The molecule has 1 spiro atoms. The van der Waals surface area contributed by atoms with E-state index in [9.17, 15) is 5.11 Å². The number of hydrogen-bond acceptors (Lipinski definition) is 5. The summed E-state index contributed by atoms with van der Waals surface area (Å²) in [5, 5.41) is 10.3. The number of ether oxygens (including phenoxy) is 2. The molecule has 1 atom stereocenters. The van der Waals surface area contributed by atoms with Crippen molar-refractivity contribution in [1.82, 2.24) is 4.98 Å². The van der Waals surface area contributed by atoms with Crippen LogP contribution in [0.25, 0.3) is 0 Å². The molecule has 1 saturated carbocycles. The van der Waals surface area contributed by atoms with Crippen molar-refractivity contribution in [2.45, 2.75) is 62.8 Å². The second-order valence-corrected chi connectivity index (χ2v) is 12.2. The van der Waals surface area contributed by atoms with Gasteiger partial charge in [-0.1, -0.05) is 17.9 Å². The van der Waals surface area contributed by atoms with E-state index in [1.807, 2.05) is 12.1 Å². The van der Waals surface area contributed by atoms with Crippen LogP contribution < -0.4 is 0 Å². The summed E-state index contributed by atoms with van der Waals surface area (Å²) in [5.74, 6) is 5.78. The Balaban J connectivity index is 1.78. The summed E-state index contributed by atoms with van der Waals surface area (Å²) in [6.07, 6.45) is 3.79. The molecule has 0 aromatic carbocycles. The first kappa shape index (κ1) is 18.6. The molecule has 0 bridgehead atoms. The summed E-state index contributed by atoms with van der Waals surface area (Å²) in [7, 11) is -1.80. The van der Waals surface area contributed by atoms with Gasteiger partial charge in [0, 0.05) is 19.0 Å². The summed E-state index contributed by atoms with van der Waals surface area (Å²) < 4.78 is 18.1. The number of nitrogens with zero attached hydrogens (tertiary/aromatic N) is 1. The highest BCUT2D eigenvalue weighted by Crippen LogP contribution is 2.42. The van der Waals surface area contributed by atoms with Gasteiger partial charge in [0.25, 0.3) is 0 Å². The van der Waals surface area contributed by atoms with Gasteiger partial charge < -0.3 is 19.0 Å². The Morgan fingerprint density at radius 3 is 2.40 bits per heavy atom. The van der Waals surface area contributed by atoms with Gasteiger partial charge >= 0.3 is 0 Å². The summed E-state index contributed by atoms with van der Waals surface area (Å²) in [4.78, 5) is 4.17. The summed E-state index contributed by atoms with van der Waals surface area (Å²) in [6.45, 7) is 7.81. The van der Waals surface area contributed by atoms with E-state index >= 15 is 0 Å². The second kappa shape index (κ2) is 7.18.